The van der Waals surface area contributed by atoms with Gasteiger partial charge in [-0.1, -0.05) is 86.5 Å². The molecule has 40 heavy (non-hydrogen) atoms. The zero-order chi connectivity index (χ0) is 30.6. The SMILES string of the molecule is CCCC(C)(C)CC[C@](C)(/C=C/C(=O)OCC)CCC(C)(C)[C@]1(C)CC[C@H]2[C@H](C)[C@@H](O)CC[C@]2(C)/C1=C/[C@H](C)O. The highest BCUT2D eigenvalue weighted by atomic mass is 16.5. The third kappa shape index (κ3) is 8.03. The first-order chi connectivity index (χ1) is 18.4. The monoisotopic (exact) mass is 560 g/mol. The zero-order valence-electron chi connectivity index (χ0n) is 28.0. The number of aliphatic hydroxyl groups is 2. The number of hydrogen-bond acceptors (Lipinski definition) is 4. The van der Waals surface area contributed by atoms with Crippen molar-refractivity contribution in [1.82, 2.24) is 0 Å². The van der Waals surface area contributed by atoms with Crippen molar-refractivity contribution in [3.05, 3.63) is 23.8 Å². The molecule has 0 amide bonds. The van der Waals surface area contributed by atoms with Gasteiger partial charge in [0.25, 0.3) is 0 Å². The van der Waals surface area contributed by atoms with E-state index < -0.39 is 6.10 Å². The Hall–Kier alpha value is -1.13. The molecule has 0 aromatic carbocycles. The third-order valence-corrected chi connectivity index (χ3v) is 11.6. The highest BCUT2D eigenvalue weighted by molar-refractivity contribution is 5.82. The summed E-state index contributed by atoms with van der Waals surface area (Å²) in [5.74, 6) is 0.449. The number of ether oxygens (including phenoxy) is 1. The molecular weight excluding hydrogens is 496 g/mol. The Labute approximate surface area is 247 Å². The highest BCUT2D eigenvalue weighted by Gasteiger charge is 2.58. The molecule has 2 rings (SSSR count). The second-order valence-electron chi connectivity index (χ2n) is 15.7. The predicted molar refractivity (Wildman–Crippen MR) is 168 cm³/mol. The standard InChI is InChI=1S/C36H64O4/c1-12-17-32(5,6)21-23-34(9,18-16-31(39)40-13-2)24-22-33(7,8)36(11)20-14-28-27(4)29(38)15-19-35(28,10)30(36)25-26(3)37/h16,18,25-29,37-38H,12-15,17,19-24H2,1-11H3/b18-16+,30-25-/t26-,27-,28-,29-,34-,35-,36+/m0/s1. The molecular formula is C36H64O4. The van der Waals surface area contributed by atoms with Gasteiger partial charge in [0.2, 0.25) is 0 Å². The minimum Gasteiger partial charge on any atom is -0.463 e. The van der Waals surface area contributed by atoms with Crippen molar-refractivity contribution in [2.75, 3.05) is 6.61 Å². The summed E-state index contributed by atoms with van der Waals surface area (Å²) in [6, 6.07) is 0. The average molecular weight is 561 g/mol. The number of hydrogen-bond donors (Lipinski definition) is 2. The van der Waals surface area contributed by atoms with E-state index in [0.717, 1.165) is 51.4 Å². The van der Waals surface area contributed by atoms with Crippen LogP contribution in [0.15, 0.2) is 23.8 Å². The number of carbonyl (C=O) groups excluding carboxylic acids is 1. The van der Waals surface area contributed by atoms with E-state index in [1.165, 1.54) is 18.4 Å². The quantitative estimate of drug-likeness (QED) is 0.134. The van der Waals surface area contributed by atoms with Gasteiger partial charge in [-0.2, -0.15) is 0 Å². The van der Waals surface area contributed by atoms with Gasteiger partial charge >= 0.3 is 5.97 Å². The van der Waals surface area contributed by atoms with Crippen LogP contribution in [0.25, 0.3) is 0 Å². The van der Waals surface area contributed by atoms with Crippen molar-refractivity contribution in [1.29, 1.82) is 0 Å². The van der Waals surface area contributed by atoms with Crippen LogP contribution >= 0.6 is 0 Å². The van der Waals surface area contributed by atoms with Crippen molar-refractivity contribution in [2.24, 2.45) is 38.9 Å². The summed E-state index contributed by atoms with van der Waals surface area (Å²) in [6.45, 7) is 25.3. The maximum absolute atomic E-state index is 12.3. The van der Waals surface area contributed by atoms with E-state index in [4.69, 9.17) is 4.74 Å². The zero-order valence-corrected chi connectivity index (χ0v) is 28.0. The van der Waals surface area contributed by atoms with Crippen LogP contribution < -0.4 is 0 Å². The van der Waals surface area contributed by atoms with E-state index in [1.54, 1.807) is 6.08 Å². The van der Waals surface area contributed by atoms with Gasteiger partial charge in [-0.15, -0.1) is 0 Å². The largest absolute Gasteiger partial charge is 0.463 e. The van der Waals surface area contributed by atoms with Gasteiger partial charge in [-0.25, -0.2) is 4.79 Å². The normalized spacial score (nSPS) is 33.0. The van der Waals surface area contributed by atoms with Gasteiger partial charge in [0.15, 0.2) is 0 Å². The molecule has 2 N–H and O–H groups in total. The molecule has 0 aromatic heterocycles. The fourth-order valence-electron chi connectivity index (χ4n) is 8.24. The molecule has 2 saturated carbocycles. The van der Waals surface area contributed by atoms with Gasteiger partial charge in [-0.05, 0) is 111 Å². The van der Waals surface area contributed by atoms with Crippen LogP contribution in [0.4, 0.5) is 0 Å². The second kappa shape index (κ2) is 13.4. The van der Waals surface area contributed by atoms with Crippen molar-refractivity contribution < 1.29 is 19.7 Å². The van der Waals surface area contributed by atoms with Gasteiger partial charge in [0.05, 0.1) is 18.8 Å². The predicted octanol–water partition coefficient (Wildman–Crippen LogP) is 9.05. The molecule has 232 valence electrons. The van der Waals surface area contributed by atoms with Crippen molar-refractivity contribution in [3.63, 3.8) is 0 Å². The first-order valence-corrected chi connectivity index (χ1v) is 16.3. The number of esters is 1. The first kappa shape index (κ1) is 35.1. The fraction of sp³-hybridized carbons (Fsp3) is 0.861. The number of rotatable bonds is 13. The second-order valence-corrected chi connectivity index (χ2v) is 15.7. The number of aliphatic hydroxyl groups excluding tert-OH is 2. The van der Waals surface area contributed by atoms with Gasteiger partial charge in [0, 0.05) is 6.08 Å². The van der Waals surface area contributed by atoms with Gasteiger partial charge in [-0.3, -0.25) is 0 Å². The van der Waals surface area contributed by atoms with Crippen LogP contribution in [-0.2, 0) is 9.53 Å². The lowest BCUT2D eigenvalue weighted by Gasteiger charge is -2.62. The molecule has 4 heteroatoms. The van der Waals surface area contributed by atoms with E-state index in [2.05, 4.69) is 74.5 Å². The summed E-state index contributed by atoms with van der Waals surface area (Å²) >= 11 is 0. The van der Waals surface area contributed by atoms with E-state index in [0.29, 0.717) is 12.5 Å². The van der Waals surface area contributed by atoms with Crippen LogP contribution in [0.5, 0.6) is 0 Å². The smallest absolute Gasteiger partial charge is 0.330 e. The Kier molecular flexibility index (Phi) is 11.8. The Morgan fingerprint density at radius 3 is 2.23 bits per heavy atom. The number of carbonyl (C=O) groups is 1. The van der Waals surface area contributed by atoms with Gasteiger partial charge < -0.3 is 14.9 Å². The number of fused-ring (bicyclic) bond motifs is 1. The number of allylic oxidation sites excluding steroid dienone is 2. The summed E-state index contributed by atoms with van der Waals surface area (Å²) in [4.78, 5) is 12.3. The molecule has 0 spiro atoms. The Morgan fingerprint density at radius 1 is 1.02 bits per heavy atom. The summed E-state index contributed by atoms with van der Waals surface area (Å²) in [5.41, 5.74) is 1.48. The molecule has 7 atom stereocenters. The molecule has 4 nitrogen and oxygen atoms in total. The first-order valence-electron chi connectivity index (χ1n) is 16.3. The summed E-state index contributed by atoms with van der Waals surface area (Å²) in [5, 5.41) is 21.4. The Balaban J connectivity index is 2.40. The maximum atomic E-state index is 12.3. The summed E-state index contributed by atoms with van der Waals surface area (Å²) in [6.07, 6.45) is 15.7. The van der Waals surface area contributed by atoms with E-state index >= 15 is 0 Å². The highest BCUT2D eigenvalue weighted by Crippen LogP contribution is 2.66. The fourth-order valence-corrected chi connectivity index (χ4v) is 8.24. The van der Waals surface area contributed by atoms with Crippen LogP contribution in [0.2, 0.25) is 0 Å². The van der Waals surface area contributed by atoms with E-state index in [1.807, 2.05) is 13.8 Å². The summed E-state index contributed by atoms with van der Waals surface area (Å²) in [7, 11) is 0. The van der Waals surface area contributed by atoms with E-state index in [-0.39, 0.29) is 45.1 Å². The van der Waals surface area contributed by atoms with Crippen LogP contribution in [-0.4, -0.2) is 35.0 Å². The molecule has 0 aliphatic heterocycles. The average Bonchev–Trinajstić information content (AvgIpc) is 2.85. The third-order valence-electron chi connectivity index (χ3n) is 11.6. The lowest BCUT2D eigenvalue weighted by atomic mass is 9.43. The van der Waals surface area contributed by atoms with Crippen LogP contribution in [0, 0.1) is 38.9 Å². The molecule has 0 saturated heterocycles. The molecule has 0 bridgehead atoms. The molecule has 2 fully saturated rings. The molecule has 0 heterocycles. The van der Waals surface area contributed by atoms with Crippen molar-refractivity contribution >= 4 is 5.97 Å². The van der Waals surface area contributed by atoms with Gasteiger partial charge in [0.1, 0.15) is 0 Å². The van der Waals surface area contributed by atoms with Crippen molar-refractivity contribution in [3.8, 4) is 0 Å². The minimum atomic E-state index is -0.499. The Bertz CT molecular complexity index is 898. The van der Waals surface area contributed by atoms with Crippen LogP contribution in [0.1, 0.15) is 140 Å². The Morgan fingerprint density at radius 2 is 1.65 bits per heavy atom. The lowest BCUT2D eigenvalue weighted by Crippen LogP contribution is -2.54. The van der Waals surface area contributed by atoms with E-state index in [9.17, 15) is 15.0 Å². The molecule has 0 unspecified atom stereocenters. The topological polar surface area (TPSA) is 66.8 Å². The molecule has 0 radical (unpaired) electrons. The lowest BCUT2D eigenvalue weighted by molar-refractivity contribution is -0.137. The maximum Gasteiger partial charge on any atom is 0.330 e. The molecule has 2 aliphatic carbocycles. The van der Waals surface area contributed by atoms with Crippen LogP contribution in [0.3, 0.4) is 0 Å². The summed E-state index contributed by atoms with van der Waals surface area (Å²) < 4.78 is 5.23. The van der Waals surface area contributed by atoms with Crippen molar-refractivity contribution in [2.45, 2.75) is 153 Å². The molecule has 2 aliphatic rings. The molecule has 0 aromatic rings. The minimum absolute atomic E-state index is 0.0149.